The zero-order valence-corrected chi connectivity index (χ0v) is 20.0. The molecule has 0 saturated carbocycles. The zero-order valence-electron chi connectivity index (χ0n) is 19.2. The van der Waals surface area contributed by atoms with Crippen LogP contribution in [0.5, 0.6) is 0 Å². The van der Waals surface area contributed by atoms with Crippen LogP contribution in [0.2, 0.25) is 0 Å². The maximum absolute atomic E-state index is 12.7. The highest BCUT2D eigenvalue weighted by atomic mass is 32.2. The second-order valence-corrected chi connectivity index (χ2v) is 9.86. The number of sulfone groups is 1. The van der Waals surface area contributed by atoms with Gasteiger partial charge in [-0.3, -0.25) is 9.59 Å². The predicted molar refractivity (Wildman–Crippen MR) is 127 cm³/mol. The number of carboxylic acids is 1. The largest absolute Gasteiger partial charge is 0.481 e. The second-order valence-electron chi connectivity index (χ2n) is 7.75. The SMILES string of the molecule is CCCCCN(CCC)c1cc(C(=O)Nc2ccc(S(=O)(=O)CCCC(=O)O)cc2)ncn1. The fourth-order valence-electron chi connectivity index (χ4n) is 3.28. The molecule has 9 nitrogen and oxygen atoms in total. The van der Waals surface area contributed by atoms with Gasteiger partial charge in [-0.2, -0.15) is 0 Å². The Bertz CT molecular complexity index is 1030. The van der Waals surface area contributed by atoms with Gasteiger partial charge in [0, 0.05) is 31.3 Å². The standard InChI is InChI=1S/C23H32N4O5S/c1-3-5-6-14-27(13-4-2)21-16-20(24-17-25-21)23(30)26-18-9-11-19(12-10-18)33(31,32)15-7-8-22(28)29/h9-12,16-17H,3-8,13-15H2,1-2H3,(H,26,30)(H,28,29). The molecule has 1 amide bonds. The summed E-state index contributed by atoms with van der Waals surface area (Å²) >= 11 is 0. The van der Waals surface area contributed by atoms with Crippen molar-refractivity contribution in [3.63, 3.8) is 0 Å². The number of hydrogen-bond donors (Lipinski definition) is 2. The summed E-state index contributed by atoms with van der Waals surface area (Å²) in [6, 6.07) is 7.45. The van der Waals surface area contributed by atoms with Crippen molar-refractivity contribution >= 4 is 33.2 Å². The molecule has 1 heterocycles. The molecule has 0 atom stereocenters. The Labute approximate surface area is 195 Å². The minimum absolute atomic E-state index is 0.0414. The summed E-state index contributed by atoms with van der Waals surface area (Å²) in [6.07, 6.45) is 5.47. The molecule has 2 N–H and O–H groups in total. The quantitative estimate of drug-likeness (QED) is 0.394. The molecule has 180 valence electrons. The molecule has 1 aromatic carbocycles. The Morgan fingerprint density at radius 3 is 2.36 bits per heavy atom. The van der Waals surface area contributed by atoms with Crippen LogP contribution in [-0.2, 0) is 14.6 Å². The van der Waals surface area contributed by atoms with Crippen LogP contribution in [0, 0.1) is 0 Å². The Balaban J connectivity index is 2.06. The molecule has 0 aliphatic rings. The van der Waals surface area contributed by atoms with Crippen molar-refractivity contribution in [2.24, 2.45) is 0 Å². The van der Waals surface area contributed by atoms with E-state index in [1.807, 2.05) is 0 Å². The summed E-state index contributed by atoms with van der Waals surface area (Å²) in [7, 11) is -3.59. The number of hydrogen-bond acceptors (Lipinski definition) is 7. The van der Waals surface area contributed by atoms with Gasteiger partial charge in [-0.05, 0) is 43.5 Å². The van der Waals surface area contributed by atoms with Gasteiger partial charge in [0.2, 0.25) is 0 Å². The highest BCUT2D eigenvalue weighted by Gasteiger charge is 2.16. The first-order valence-corrected chi connectivity index (χ1v) is 12.8. The highest BCUT2D eigenvalue weighted by molar-refractivity contribution is 7.91. The zero-order chi connectivity index (χ0) is 24.3. The van der Waals surface area contributed by atoms with E-state index in [-0.39, 0.29) is 29.2 Å². The fourth-order valence-corrected chi connectivity index (χ4v) is 4.59. The molecular weight excluding hydrogens is 444 g/mol. The highest BCUT2D eigenvalue weighted by Crippen LogP contribution is 2.18. The van der Waals surface area contributed by atoms with Gasteiger partial charge in [0.25, 0.3) is 5.91 Å². The van der Waals surface area contributed by atoms with Gasteiger partial charge < -0.3 is 15.3 Å². The Kier molecular flexibility index (Phi) is 10.2. The molecule has 0 radical (unpaired) electrons. The van der Waals surface area contributed by atoms with E-state index in [2.05, 4.69) is 34.0 Å². The average molecular weight is 477 g/mol. The van der Waals surface area contributed by atoms with Crippen molar-refractivity contribution < 1.29 is 23.1 Å². The molecular formula is C23H32N4O5S. The molecule has 0 fully saturated rings. The number of unbranched alkanes of at least 4 members (excludes halogenated alkanes) is 2. The van der Waals surface area contributed by atoms with Gasteiger partial charge in [0.15, 0.2) is 9.84 Å². The van der Waals surface area contributed by atoms with E-state index >= 15 is 0 Å². The lowest BCUT2D eigenvalue weighted by Crippen LogP contribution is -2.27. The van der Waals surface area contributed by atoms with Crippen LogP contribution in [-0.4, -0.2) is 54.2 Å². The molecule has 33 heavy (non-hydrogen) atoms. The van der Waals surface area contributed by atoms with Gasteiger partial charge in [-0.25, -0.2) is 18.4 Å². The van der Waals surface area contributed by atoms with Crippen LogP contribution in [0.1, 0.15) is 62.9 Å². The number of nitrogens with zero attached hydrogens (tertiary/aromatic N) is 3. The minimum atomic E-state index is -3.59. The summed E-state index contributed by atoms with van der Waals surface area (Å²) < 4.78 is 24.6. The summed E-state index contributed by atoms with van der Waals surface area (Å²) in [5, 5.41) is 11.4. The normalized spacial score (nSPS) is 11.2. The summed E-state index contributed by atoms with van der Waals surface area (Å²) in [4.78, 5) is 33.9. The third kappa shape index (κ3) is 8.45. The minimum Gasteiger partial charge on any atom is -0.481 e. The number of carbonyl (C=O) groups excluding carboxylic acids is 1. The number of rotatable bonds is 14. The molecule has 0 saturated heterocycles. The summed E-state index contributed by atoms with van der Waals surface area (Å²) in [6.45, 7) is 5.95. The van der Waals surface area contributed by atoms with E-state index in [0.29, 0.717) is 11.5 Å². The number of aliphatic carboxylic acids is 1. The average Bonchev–Trinajstić information content (AvgIpc) is 2.78. The topological polar surface area (TPSA) is 130 Å². The molecule has 2 rings (SSSR count). The van der Waals surface area contributed by atoms with Gasteiger partial charge in [-0.15, -0.1) is 0 Å². The first-order chi connectivity index (χ1) is 15.8. The number of carbonyl (C=O) groups is 2. The smallest absolute Gasteiger partial charge is 0.303 e. The van der Waals surface area contributed by atoms with Crippen LogP contribution in [0.4, 0.5) is 11.5 Å². The Hall–Kier alpha value is -3.01. The summed E-state index contributed by atoms with van der Waals surface area (Å²) in [5.41, 5.74) is 0.653. The number of benzene rings is 1. The maximum atomic E-state index is 12.7. The van der Waals surface area contributed by atoms with E-state index in [0.717, 1.165) is 38.8 Å². The van der Waals surface area contributed by atoms with Crippen molar-refractivity contribution in [3.05, 3.63) is 42.4 Å². The van der Waals surface area contributed by atoms with Crippen molar-refractivity contribution in [2.75, 3.05) is 29.1 Å². The van der Waals surface area contributed by atoms with Crippen molar-refractivity contribution in [2.45, 2.75) is 57.3 Å². The van der Waals surface area contributed by atoms with Gasteiger partial charge in [0.1, 0.15) is 17.8 Å². The number of nitrogens with one attached hydrogen (secondary N) is 1. The fraction of sp³-hybridized carbons (Fsp3) is 0.478. The van der Waals surface area contributed by atoms with E-state index in [1.165, 1.54) is 30.6 Å². The number of carboxylic acid groups (broad SMARTS) is 1. The van der Waals surface area contributed by atoms with Gasteiger partial charge >= 0.3 is 5.97 Å². The molecule has 10 heteroatoms. The van der Waals surface area contributed by atoms with Crippen molar-refractivity contribution in [1.29, 1.82) is 0 Å². The lowest BCUT2D eigenvalue weighted by molar-refractivity contribution is -0.137. The third-order valence-corrected chi connectivity index (χ3v) is 6.83. The molecule has 0 spiro atoms. The number of amides is 1. The van der Waals surface area contributed by atoms with Gasteiger partial charge in [-0.1, -0.05) is 26.7 Å². The molecule has 0 bridgehead atoms. The first-order valence-electron chi connectivity index (χ1n) is 11.2. The molecule has 0 aliphatic heterocycles. The van der Waals surface area contributed by atoms with Crippen LogP contribution in [0.25, 0.3) is 0 Å². The van der Waals surface area contributed by atoms with Crippen molar-refractivity contribution in [3.8, 4) is 0 Å². The van der Waals surface area contributed by atoms with E-state index < -0.39 is 21.7 Å². The Morgan fingerprint density at radius 1 is 1.00 bits per heavy atom. The first kappa shape index (κ1) is 26.2. The molecule has 1 aromatic heterocycles. The lowest BCUT2D eigenvalue weighted by Gasteiger charge is -2.23. The molecule has 2 aromatic rings. The van der Waals surface area contributed by atoms with E-state index in [9.17, 15) is 18.0 Å². The van der Waals surface area contributed by atoms with Gasteiger partial charge in [0.05, 0.1) is 10.6 Å². The second kappa shape index (κ2) is 12.9. The van der Waals surface area contributed by atoms with E-state index in [1.54, 1.807) is 6.07 Å². The van der Waals surface area contributed by atoms with E-state index in [4.69, 9.17) is 5.11 Å². The number of aromatic nitrogens is 2. The van der Waals surface area contributed by atoms with Crippen LogP contribution < -0.4 is 10.2 Å². The Morgan fingerprint density at radius 2 is 1.73 bits per heavy atom. The predicted octanol–water partition coefficient (Wildman–Crippen LogP) is 3.77. The van der Waals surface area contributed by atoms with Crippen LogP contribution in [0.3, 0.4) is 0 Å². The summed E-state index contributed by atoms with van der Waals surface area (Å²) in [5.74, 6) is -0.993. The molecule has 0 aliphatic carbocycles. The third-order valence-electron chi connectivity index (χ3n) is 5.01. The molecule has 0 unspecified atom stereocenters. The van der Waals surface area contributed by atoms with Crippen molar-refractivity contribution in [1.82, 2.24) is 9.97 Å². The number of anilines is 2. The lowest BCUT2D eigenvalue weighted by atomic mass is 10.2. The maximum Gasteiger partial charge on any atom is 0.303 e. The van der Waals surface area contributed by atoms with Crippen LogP contribution >= 0.6 is 0 Å². The monoisotopic (exact) mass is 476 g/mol. The van der Waals surface area contributed by atoms with Crippen LogP contribution in [0.15, 0.2) is 41.6 Å².